The summed E-state index contributed by atoms with van der Waals surface area (Å²) >= 11 is 5.50. The van der Waals surface area contributed by atoms with Gasteiger partial charge in [-0.3, -0.25) is 0 Å². The zero-order chi connectivity index (χ0) is 13.3. The van der Waals surface area contributed by atoms with E-state index in [-0.39, 0.29) is 4.75 Å². The van der Waals surface area contributed by atoms with Crippen molar-refractivity contribution in [3.05, 3.63) is 28.7 Å². The van der Waals surface area contributed by atoms with Crippen LogP contribution in [0.15, 0.2) is 33.6 Å². The topological polar surface area (TPSA) is 35.2 Å². The maximum Gasteiger partial charge on any atom is 0.0471 e. The van der Waals surface area contributed by atoms with E-state index in [1.807, 2.05) is 11.8 Å². The summed E-state index contributed by atoms with van der Waals surface area (Å²) in [6, 6.07) is 8.54. The highest BCUT2D eigenvalue weighted by Crippen LogP contribution is 2.61. The highest BCUT2D eigenvalue weighted by atomic mass is 79.9. The second-order valence-electron chi connectivity index (χ2n) is 5.91. The normalized spacial score (nSPS) is 24.1. The van der Waals surface area contributed by atoms with Crippen LogP contribution in [-0.4, -0.2) is 24.5 Å². The van der Waals surface area contributed by atoms with E-state index < -0.39 is 0 Å². The first-order valence-corrected chi connectivity index (χ1v) is 8.49. The highest BCUT2D eigenvalue weighted by Gasteiger charge is 2.54. The molecule has 1 spiro atoms. The Morgan fingerprint density at radius 2 is 2.00 bits per heavy atom. The fourth-order valence-electron chi connectivity index (χ4n) is 3.51. The number of benzene rings is 1. The van der Waals surface area contributed by atoms with E-state index in [4.69, 9.17) is 10.5 Å². The molecule has 1 aromatic carbocycles. The summed E-state index contributed by atoms with van der Waals surface area (Å²) in [5.41, 5.74) is 6.61. The van der Waals surface area contributed by atoms with Crippen LogP contribution in [0, 0.1) is 5.41 Å². The molecule has 1 aliphatic heterocycles. The van der Waals surface area contributed by atoms with Crippen LogP contribution in [0.3, 0.4) is 0 Å². The molecule has 1 saturated heterocycles. The molecule has 2 N–H and O–H groups in total. The number of thioether (sulfide) groups is 1. The Bertz CT molecular complexity index is 451. The van der Waals surface area contributed by atoms with Gasteiger partial charge in [0.15, 0.2) is 0 Å². The molecule has 1 aliphatic carbocycles. The van der Waals surface area contributed by atoms with E-state index in [1.54, 1.807) is 0 Å². The molecular weight excluding hydrogens is 322 g/mol. The fraction of sp³-hybridized carbons (Fsp3) is 0.600. The molecule has 0 atom stereocenters. The molecule has 2 fully saturated rings. The van der Waals surface area contributed by atoms with Crippen LogP contribution in [-0.2, 0) is 4.74 Å². The van der Waals surface area contributed by atoms with Crippen molar-refractivity contribution in [2.75, 3.05) is 19.8 Å². The van der Waals surface area contributed by atoms with E-state index in [0.717, 1.165) is 24.2 Å². The zero-order valence-corrected chi connectivity index (χ0v) is 13.4. The number of hydrogen-bond acceptors (Lipinski definition) is 3. The van der Waals surface area contributed by atoms with Crippen LogP contribution in [0.4, 0.5) is 0 Å². The molecule has 0 aromatic heterocycles. The number of nitrogens with two attached hydrogens (primary N) is 1. The molecule has 104 valence electrons. The number of hydrogen-bond donors (Lipinski definition) is 1. The molecule has 1 heterocycles. The lowest BCUT2D eigenvalue weighted by atomic mass is 9.57. The second-order valence-corrected chi connectivity index (χ2v) is 8.37. The summed E-state index contributed by atoms with van der Waals surface area (Å²) in [7, 11) is 0. The first-order chi connectivity index (χ1) is 9.15. The minimum atomic E-state index is 0.248. The fourth-order valence-corrected chi connectivity index (χ4v) is 5.74. The predicted octanol–water partition coefficient (Wildman–Crippen LogP) is 3.83. The molecule has 1 aromatic rings. The summed E-state index contributed by atoms with van der Waals surface area (Å²) in [6.45, 7) is 2.64. The van der Waals surface area contributed by atoms with Gasteiger partial charge in [-0.15, -0.1) is 11.8 Å². The third kappa shape index (κ3) is 2.87. The largest absolute Gasteiger partial charge is 0.381 e. The maximum atomic E-state index is 6.08. The molecule has 4 heteroatoms. The van der Waals surface area contributed by atoms with Gasteiger partial charge in [0.25, 0.3) is 0 Å². The van der Waals surface area contributed by atoms with Crippen LogP contribution >= 0.6 is 27.7 Å². The highest BCUT2D eigenvalue weighted by molar-refractivity contribution is 9.10. The van der Waals surface area contributed by atoms with Gasteiger partial charge in [-0.1, -0.05) is 22.0 Å². The first-order valence-electron chi connectivity index (χ1n) is 6.88. The van der Waals surface area contributed by atoms with E-state index in [2.05, 4.69) is 40.2 Å². The van der Waals surface area contributed by atoms with Gasteiger partial charge in [-0.2, -0.15) is 0 Å². The molecule has 19 heavy (non-hydrogen) atoms. The standard InChI is InChI=1S/C15H20BrNOS/c16-12-2-1-3-13(8-12)19-15(11-17)9-14(10-15)4-6-18-7-5-14/h1-3,8H,4-7,9-11,17H2. The molecule has 2 nitrogen and oxygen atoms in total. The Morgan fingerprint density at radius 3 is 2.63 bits per heavy atom. The number of rotatable bonds is 3. The third-order valence-electron chi connectivity index (χ3n) is 4.45. The Balaban J connectivity index is 1.69. The molecule has 1 saturated carbocycles. The van der Waals surface area contributed by atoms with Gasteiger partial charge in [-0.25, -0.2) is 0 Å². The molecule has 0 radical (unpaired) electrons. The number of ether oxygens (including phenoxy) is 1. The maximum absolute atomic E-state index is 6.08. The Hall–Kier alpha value is -0.0300. The van der Waals surface area contributed by atoms with Crippen molar-refractivity contribution in [2.45, 2.75) is 35.3 Å². The van der Waals surface area contributed by atoms with Crippen molar-refractivity contribution in [3.8, 4) is 0 Å². The molecular formula is C15H20BrNOS. The lowest BCUT2D eigenvalue weighted by Crippen LogP contribution is -2.55. The molecule has 3 rings (SSSR count). The molecule has 0 unspecified atom stereocenters. The van der Waals surface area contributed by atoms with Gasteiger partial charge in [0.05, 0.1) is 0 Å². The summed E-state index contributed by atoms with van der Waals surface area (Å²) in [5.74, 6) is 0. The van der Waals surface area contributed by atoms with Crippen molar-refractivity contribution >= 4 is 27.7 Å². The van der Waals surface area contributed by atoms with Gasteiger partial charge >= 0.3 is 0 Å². The van der Waals surface area contributed by atoms with Crippen molar-refractivity contribution in [1.82, 2.24) is 0 Å². The minimum absolute atomic E-state index is 0.248. The third-order valence-corrected chi connectivity index (χ3v) is 6.32. The van der Waals surface area contributed by atoms with Gasteiger partial charge < -0.3 is 10.5 Å². The van der Waals surface area contributed by atoms with E-state index in [1.165, 1.54) is 30.6 Å². The van der Waals surface area contributed by atoms with Crippen LogP contribution in [0.5, 0.6) is 0 Å². The quantitative estimate of drug-likeness (QED) is 0.907. The Kier molecular flexibility index (Phi) is 3.96. The molecule has 2 aliphatic rings. The van der Waals surface area contributed by atoms with Crippen LogP contribution < -0.4 is 5.73 Å². The van der Waals surface area contributed by atoms with Crippen LogP contribution in [0.1, 0.15) is 25.7 Å². The Morgan fingerprint density at radius 1 is 1.26 bits per heavy atom. The average Bonchev–Trinajstić information content (AvgIpc) is 2.38. The Labute approximate surface area is 127 Å². The van der Waals surface area contributed by atoms with Crippen LogP contribution in [0.25, 0.3) is 0 Å². The molecule has 0 amide bonds. The van der Waals surface area contributed by atoms with Gasteiger partial charge in [0.2, 0.25) is 0 Å². The van der Waals surface area contributed by atoms with Crippen molar-refractivity contribution in [2.24, 2.45) is 11.1 Å². The first kappa shape index (κ1) is 13.9. The summed E-state index contributed by atoms with van der Waals surface area (Å²) < 4.78 is 6.88. The van der Waals surface area contributed by atoms with E-state index in [9.17, 15) is 0 Å². The van der Waals surface area contributed by atoms with Crippen LogP contribution in [0.2, 0.25) is 0 Å². The lowest BCUT2D eigenvalue weighted by molar-refractivity contribution is -0.0451. The van der Waals surface area contributed by atoms with Gasteiger partial charge in [0.1, 0.15) is 0 Å². The SMILES string of the molecule is NCC1(Sc2cccc(Br)c2)CC2(CCOCC2)C1. The summed E-state index contributed by atoms with van der Waals surface area (Å²) in [5, 5.41) is 0. The minimum Gasteiger partial charge on any atom is -0.381 e. The van der Waals surface area contributed by atoms with Gasteiger partial charge in [0, 0.05) is 33.9 Å². The smallest absolute Gasteiger partial charge is 0.0471 e. The summed E-state index contributed by atoms with van der Waals surface area (Å²) in [6.07, 6.45) is 4.93. The number of halogens is 1. The predicted molar refractivity (Wildman–Crippen MR) is 83.5 cm³/mol. The van der Waals surface area contributed by atoms with Crippen molar-refractivity contribution < 1.29 is 4.74 Å². The van der Waals surface area contributed by atoms with E-state index in [0.29, 0.717) is 5.41 Å². The average molecular weight is 342 g/mol. The van der Waals surface area contributed by atoms with E-state index >= 15 is 0 Å². The van der Waals surface area contributed by atoms with Gasteiger partial charge in [-0.05, 0) is 49.3 Å². The summed E-state index contributed by atoms with van der Waals surface area (Å²) in [4.78, 5) is 1.32. The lowest BCUT2D eigenvalue weighted by Gasteiger charge is -2.57. The van der Waals surface area contributed by atoms with Crippen molar-refractivity contribution in [1.29, 1.82) is 0 Å². The van der Waals surface area contributed by atoms with Crippen molar-refractivity contribution in [3.63, 3.8) is 0 Å². The monoisotopic (exact) mass is 341 g/mol. The molecule has 0 bridgehead atoms. The second kappa shape index (κ2) is 5.40. The zero-order valence-electron chi connectivity index (χ0n) is 11.0.